The Morgan fingerprint density at radius 2 is 1.55 bits per heavy atom. The number of sulfonamides is 1. The molecule has 4 rings (SSSR count). The van der Waals surface area contributed by atoms with Gasteiger partial charge in [0.15, 0.2) is 9.84 Å². The highest BCUT2D eigenvalue weighted by molar-refractivity contribution is 7.92. The highest BCUT2D eigenvalue weighted by Crippen LogP contribution is 2.33. The van der Waals surface area contributed by atoms with Gasteiger partial charge in [-0.2, -0.15) is 4.31 Å². The molecule has 0 radical (unpaired) electrons. The van der Waals surface area contributed by atoms with Gasteiger partial charge in [-0.3, -0.25) is 4.79 Å². The second kappa shape index (κ2) is 8.86. The van der Waals surface area contributed by atoms with Crippen molar-refractivity contribution in [1.29, 1.82) is 0 Å². The first kappa shape index (κ1) is 24.5. The fraction of sp³-hybridized carbons (Fsp3) is 0.667. The maximum atomic E-state index is 13.4. The predicted octanol–water partition coefficient (Wildman–Crippen LogP) is 1.64. The molecule has 1 aliphatic carbocycles. The van der Waals surface area contributed by atoms with E-state index < -0.39 is 43.1 Å². The quantitative estimate of drug-likeness (QED) is 0.650. The zero-order chi connectivity index (χ0) is 24.0. The van der Waals surface area contributed by atoms with Crippen LogP contribution in [-0.2, 0) is 24.7 Å². The molecule has 184 valence electrons. The van der Waals surface area contributed by atoms with E-state index in [-0.39, 0.29) is 67.6 Å². The minimum atomic E-state index is -3.95. The number of benzene rings is 1. The van der Waals surface area contributed by atoms with Crippen LogP contribution in [0.3, 0.4) is 0 Å². The van der Waals surface area contributed by atoms with E-state index in [0.717, 1.165) is 0 Å². The number of hydrogen-bond donors (Lipinski definition) is 1. The van der Waals surface area contributed by atoms with Gasteiger partial charge in [-0.1, -0.05) is 0 Å². The summed E-state index contributed by atoms with van der Waals surface area (Å²) >= 11 is 0. The zero-order valence-corrected chi connectivity index (χ0v) is 19.7. The van der Waals surface area contributed by atoms with E-state index in [9.17, 15) is 35.5 Å². The van der Waals surface area contributed by atoms with Crippen molar-refractivity contribution in [3.05, 3.63) is 24.3 Å². The third-order valence-electron chi connectivity index (χ3n) is 6.84. The number of amides is 1. The second-order valence-corrected chi connectivity index (χ2v) is 13.3. The van der Waals surface area contributed by atoms with Crippen molar-refractivity contribution in [3.8, 4) is 0 Å². The molecule has 1 atom stereocenters. The SMILES string of the molecule is O=C([C@@H]1CCCN(S(=O)(=O)c2ccc(S(=O)(=O)C3CC(O)C3)cc2)C1)N1CCC(F)(F)CC1. The number of halogens is 2. The highest BCUT2D eigenvalue weighted by Gasteiger charge is 2.41. The summed E-state index contributed by atoms with van der Waals surface area (Å²) in [6, 6.07) is 5.01. The first-order valence-corrected chi connectivity index (χ1v) is 14.1. The van der Waals surface area contributed by atoms with Crippen molar-refractivity contribution in [1.82, 2.24) is 9.21 Å². The van der Waals surface area contributed by atoms with Crippen molar-refractivity contribution in [2.24, 2.45) is 5.92 Å². The minimum Gasteiger partial charge on any atom is -0.393 e. The van der Waals surface area contributed by atoms with Crippen LogP contribution in [0.1, 0.15) is 38.5 Å². The molecular weight excluding hydrogens is 478 g/mol. The monoisotopic (exact) mass is 506 g/mol. The summed E-state index contributed by atoms with van der Waals surface area (Å²) in [5.41, 5.74) is 0. The summed E-state index contributed by atoms with van der Waals surface area (Å²) in [5, 5.41) is 8.71. The maximum Gasteiger partial charge on any atom is 0.251 e. The molecule has 1 N–H and O–H groups in total. The van der Waals surface area contributed by atoms with Crippen molar-refractivity contribution >= 4 is 25.8 Å². The molecule has 12 heteroatoms. The molecule has 1 aromatic rings. The molecule has 1 saturated carbocycles. The number of rotatable bonds is 5. The largest absolute Gasteiger partial charge is 0.393 e. The number of aliphatic hydroxyl groups excluding tert-OH is 1. The Hall–Kier alpha value is -1.63. The number of carbonyl (C=O) groups is 1. The Morgan fingerprint density at radius 3 is 2.12 bits per heavy atom. The molecule has 0 spiro atoms. The summed E-state index contributed by atoms with van der Waals surface area (Å²) in [7, 11) is -7.59. The van der Waals surface area contributed by atoms with Crippen LogP contribution < -0.4 is 0 Å². The number of likely N-dealkylation sites (tertiary alicyclic amines) is 1. The molecule has 1 aromatic carbocycles. The van der Waals surface area contributed by atoms with Crippen molar-refractivity contribution in [3.63, 3.8) is 0 Å². The summed E-state index contributed by atoms with van der Waals surface area (Å²) < 4.78 is 79.4. The van der Waals surface area contributed by atoms with Crippen LogP contribution in [-0.4, -0.2) is 80.5 Å². The van der Waals surface area contributed by atoms with Gasteiger partial charge in [-0.05, 0) is 49.9 Å². The van der Waals surface area contributed by atoms with Gasteiger partial charge in [0.05, 0.1) is 27.1 Å². The van der Waals surface area contributed by atoms with Gasteiger partial charge in [0.2, 0.25) is 15.9 Å². The second-order valence-electron chi connectivity index (χ2n) is 9.15. The van der Waals surface area contributed by atoms with Gasteiger partial charge >= 0.3 is 0 Å². The Balaban J connectivity index is 1.44. The molecule has 2 heterocycles. The van der Waals surface area contributed by atoms with Crippen LogP contribution >= 0.6 is 0 Å². The molecule has 3 fully saturated rings. The lowest BCUT2D eigenvalue weighted by Gasteiger charge is -2.37. The first-order valence-electron chi connectivity index (χ1n) is 11.1. The van der Waals surface area contributed by atoms with E-state index in [0.29, 0.717) is 12.8 Å². The summed E-state index contributed by atoms with van der Waals surface area (Å²) in [6.45, 7) is 0.115. The lowest BCUT2D eigenvalue weighted by Crippen LogP contribution is -2.49. The van der Waals surface area contributed by atoms with Gasteiger partial charge < -0.3 is 10.0 Å². The summed E-state index contributed by atoms with van der Waals surface area (Å²) in [5.74, 6) is -3.66. The smallest absolute Gasteiger partial charge is 0.251 e. The minimum absolute atomic E-state index is 0.00643. The number of aliphatic hydroxyl groups is 1. The first-order chi connectivity index (χ1) is 15.4. The van der Waals surface area contributed by atoms with E-state index in [2.05, 4.69) is 0 Å². The molecular formula is C21H28F2N2O6S2. The Morgan fingerprint density at radius 1 is 0.970 bits per heavy atom. The van der Waals surface area contributed by atoms with E-state index in [1.54, 1.807) is 0 Å². The molecule has 2 aliphatic heterocycles. The van der Waals surface area contributed by atoms with Crippen LogP contribution in [0.15, 0.2) is 34.1 Å². The summed E-state index contributed by atoms with van der Waals surface area (Å²) in [4.78, 5) is 14.2. The highest BCUT2D eigenvalue weighted by atomic mass is 32.2. The number of alkyl halides is 2. The molecule has 3 aliphatic rings. The summed E-state index contributed by atoms with van der Waals surface area (Å²) in [6.07, 6.45) is -0.107. The molecule has 1 amide bonds. The van der Waals surface area contributed by atoms with E-state index in [1.807, 2.05) is 0 Å². The predicted molar refractivity (Wildman–Crippen MR) is 115 cm³/mol. The normalized spacial score (nSPS) is 28.8. The molecule has 8 nitrogen and oxygen atoms in total. The molecule has 2 saturated heterocycles. The number of hydrogen-bond acceptors (Lipinski definition) is 6. The fourth-order valence-corrected chi connectivity index (χ4v) is 7.98. The number of piperidine rings is 2. The van der Waals surface area contributed by atoms with Crippen LogP contribution in [0, 0.1) is 5.92 Å². The van der Waals surface area contributed by atoms with Crippen molar-refractivity contribution < 1.29 is 35.5 Å². The zero-order valence-electron chi connectivity index (χ0n) is 18.1. The molecule has 0 unspecified atom stereocenters. The van der Waals surface area contributed by atoms with Crippen LogP contribution in [0.5, 0.6) is 0 Å². The third kappa shape index (κ3) is 4.94. The van der Waals surface area contributed by atoms with E-state index >= 15 is 0 Å². The lowest BCUT2D eigenvalue weighted by atomic mass is 9.96. The number of carbonyl (C=O) groups excluding carboxylic acids is 1. The molecule has 0 bridgehead atoms. The van der Waals surface area contributed by atoms with Crippen LogP contribution in [0.2, 0.25) is 0 Å². The van der Waals surface area contributed by atoms with E-state index in [4.69, 9.17) is 0 Å². The number of sulfone groups is 1. The van der Waals surface area contributed by atoms with Gasteiger partial charge in [0.1, 0.15) is 0 Å². The third-order valence-corrected chi connectivity index (χ3v) is 10.9. The van der Waals surface area contributed by atoms with Gasteiger partial charge in [-0.15, -0.1) is 0 Å². The topological polar surface area (TPSA) is 112 Å². The Kier molecular flexibility index (Phi) is 6.58. The number of nitrogens with zero attached hydrogens (tertiary/aromatic N) is 2. The van der Waals surface area contributed by atoms with E-state index in [1.165, 1.54) is 33.5 Å². The van der Waals surface area contributed by atoms with Gasteiger partial charge in [0, 0.05) is 39.0 Å². The fourth-order valence-electron chi connectivity index (χ4n) is 4.61. The van der Waals surface area contributed by atoms with Crippen LogP contribution in [0.25, 0.3) is 0 Å². The maximum absolute atomic E-state index is 13.4. The van der Waals surface area contributed by atoms with Crippen molar-refractivity contribution in [2.45, 2.75) is 65.6 Å². The van der Waals surface area contributed by atoms with Crippen molar-refractivity contribution in [2.75, 3.05) is 26.2 Å². The Labute approximate surface area is 192 Å². The van der Waals surface area contributed by atoms with Crippen LogP contribution in [0.4, 0.5) is 8.78 Å². The average molecular weight is 507 g/mol. The van der Waals surface area contributed by atoms with Gasteiger partial charge in [-0.25, -0.2) is 25.6 Å². The standard InChI is InChI=1S/C21H28F2N2O6S2/c22-21(23)7-10-24(11-8-21)20(27)15-2-1-9-25(14-15)33(30,31)18-5-3-17(4-6-18)32(28,29)19-12-16(26)13-19/h3-6,15-16,19,26H,1-2,7-14H2/t15-,16?,19?/m1/s1. The molecule has 0 aromatic heterocycles. The van der Waals surface area contributed by atoms with Gasteiger partial charge in [0.25, 0.3) is 5.92 Å². The average Bonchev–Trinajstić information content (AvgIpc) is 2.76. The Bertz CT molecular complexity index is 1090. The lowest BCUT2D eigenvalue weighted by molar-refractivity contribution is -0.142. The molecule has 33 heavy (non-hydrogen) atoms.